The maximum Gasteiger partial charge on any atom is 0.407 e. The summed E-state index contributed by atoms with van der Waals surface area (Å²) in [5.74, 6) is -1.73. The lowest BCUT2D eigenvalue weighted by Crippen LogP contribution is -2.47. The lowest BCUT2D eigenvalue weighted by molar-refractivity contribution is 0.0931. The van der Waals surface area contributed by atoms with Crippen molar-refractivity contribution in [3.63, 3.8) is 0 Å². The van der Waals surface area contributed by atoms with Gasteiger partial charge in [0.15, 0.2) is 0 Å². The molecule has 0 radical (unpaired) electrons. The summed E-state index contributed by atoms with van der Waals surface area (Å²) in [6, 6.07) is 3.27. The average molecular weight is 299 g/mol. The number of hydrogen-bond acceptors (Lipinski definition) is 2. The first-order chi connectivity index (χ1) is 9.68. The highest BCUT2D eigenvalue weighted by atomic mass is 19.1. The molecule has 0 saturated carbocycles. The average Bonchev–Trinajstić information content (AvgIpc) is 3.10. The van der Waals surface area contributed by atoms with Gasteiger partial charge < -0.3 is 14.7 Å². The number of amides is 1. The van der Waals surface area contributed by atoms with Crippen LogP contribution in [-0.2, 0) is 4.74 Å². The Labute approximate surface area is 122 Å². The van der Waals surface area contributed by atoms with Crippen LogP contribution >= 0.6 is 0 Å². The highest BCUT2D eigenvalue weighted by molar-refractivity contribution is 5.66. The van der Waals surface area contributed by atoms with E-state index in [2.05, 4.69) is 0 Å². The van der Waals surface area contributed by atoms with Crippen molar-refractivity contribution in [2.24, 2.45) is 0 Å². The van der Waals surface area contributed by atoms with Crippen LogP contribution in [0.15, 0.2) is 18.2 Å². The Balaban J connectivity index is 2.29. The summed E-state index contributed by atoms with van der Waals surface area (Å²) in [5, 5.41) is 9.35. The number of hydrogen-bond donors (Lipinski definition) is 1. The molecule has 1 amide bonds. The van der Waals surface area contributed by atoms with Crippen molar-refractivity contribution in [2.75, 3.05) is 13.2 Å². The van der Waals surface area contributed by atoms with Crippen LogP contribution in [0.2, 0.25) is 0 Å². The fourth-order valence-corrected chi connectivity index (χ4v) is 2.35. The molecule has 1 aromatic rings. The van der Waals surface area contributed by atoms with Crippen LogP contribution in [0.1, 0.15) is 32.3 Å². The van der Waals surface area contributed by atoms with Crippen molar-refractivity contribution in [3.8, 4) is 0 Å². The van der Waals surface area contributed by atoms with Gasteiger partial charge in [0, 0.05) is 24.1 Å². The third-order valence-electron chi connectivity index (χ3n) is 3.54. The normalized spacial score (nSPS) is 19.2. The molecule has 2 unspecified atom stereocenters. The number of nitrogens with zero attached hydrogens (tertiary/aromatic N) is 1. The van der Waals surface area contributed by atoms with Crippen molar-refractivity contribution in [1.29, 1.82) is 0 Å². The first-order valence-electron chi connectivity index (χ1n) is 6.76. The zero-order chi connectivity index (χ0) is 15.8. The van der Waals surface area contributed by atoms with Crippen LogP contribution in [-0.4, -0.2) is 40.9 Å². The van der Waals surface area contributed by atoms with Crippen molar-refractivity contribution in [1.82, 2.24) is 4.90 Å². The molecule has 21 heavy (non-hydrogen) atoms. The molecular formula is C15H19F2NO3. The Hall–Kier alpha value is -1.69. The molecule has 1 heterocycles. The van der Waals surface area contributed by atoms with E-state index >= 15 is 0 Å². The van der Waals surface area contributed by atoms with Crippen molar-refractivity contribution in [2.45, 2.75) is 38.3 Å². The van der Waals surface area contributed by atoms with Gasteiger partial charge in [-0.05, 0) is 38.5 Å². The van der Waals surface area contributed by atoms with Gasteiger partial charge in [-0.1, -0.05) is 0 Å². The van der Waals surface area contributed by atoms with Gasteiger partial charge in [0.25, 0.3) is 0 Å². The topological polar surface area (TPSA) is 53.1 Å². The minimum atomic E-state index is -1.06. The van der Waals surface area contributed by atoms with E-state index in [1.165, 1.54) is 17.0 Å². The van der Waals surface area contributed by atoms with Gasteiger partial charge in [-0.3, -0.25) is 0 Å². The van der Waals surface area contributed by atoms with Crippen LogP contribution in [0.5, 0.6) is 0 Å². The first-order valence-corrected chi connectivity index (χ1v) is 6.76. The molecule has 1 aliphatic rings. The number of halogens is 2. The van der Waals surface area contributed by atoms with Crippen molar-refractivity contribution >= 4 is 6.09 Å². The van der Waals surface area contributed by atoms with E-state index < -0.39 is 23.3 Å². The number of rotatable bonds is 4. The number of epoxide rings is 1. The number of ether oxygens (including phenoxy) is 1. The predicted molar refractivity (Wildman–Crippen MR) is 73.3 cm³/mol. The molecule has 1 N–H and O–H groups in total. The second kappa shape index (κ2) is 5.60. The van der Waals surface area contributed by atoms with Crippen LogP contribution in [0, 0.1) is 11.6 Å². The minimum absolute atomic E-state index is 0.131. The molecule has 0 spiro atoms. The molecule has 2 atom stereocenters. The molecule has 116 valence electrons. The van der Waals surface area contributed by atoms with Gasteiger partial charge in [0.2, 0.25) is 0 Å². The fourth-order valence-electron chi connectivity index (χ4n) is 2.35. The van der Waals surface area contributed by atoms with E-state index in [9.17, 15) is 18.7 Å². The lowest BCUT2D eigenvalue weighted by Gasteiger charge is -2.35. The highest BCUT2D eigenvalue weighted by Crippen LogP contribution is 2.33. The van der Waals surface area contributed by atoms with Gasteiger partial charge in [-0.2, -0.15) is 0 Å². The monoisotopic (exact) mass is 299 g/mol. The van der Waals surface area contributed by atoms with Crippen LogP contribution in [0.25, 0.3) is 0 Å². The zero-order valence-corrected chi connectivity index (χ0v) is 12.3. The molecule has 0 bridgehead atoms. The summed E-state index contributed by atoms with van der Waals surface area (Å²) in [6.07, 6.45) is -1.26. The Morgan fingerprint density at radius 3 is 2.29 bits per heavy atom. The van der Waals surface area contributed by atoms with E-state index in [0.29, 0.717) is 12.2 Å². The molecular weight excluding hydrogens is 280 g/mol. The van der Waals surface area contributed by atoms with E-state index in [4.69, 9.17) is 4.74 Å². The molecule has 1 fully saturated rings. The van der Waals surface area contributed by atoms with E-state index in [-0.39, 0.29) is 18.6 Å². The Morgan fingerprint density at radius 1 is 1.38 bits per heavy atom. The van der Waals surface area contributed by atoms with Gasteiger partial charge in [0.05, 0.1) is 12.7 Å². The van der Waals surface area contributed by atoms with Gasteiger partial charge in [-0.25, -0.2) is 13.6 Å². The zero-order valence-electron chi connectivity index (χ0n) is 12.3. The van der Waals surface area contributed by atoms with Crippen LogP contribution < -0.4 is 0 Å². The third kappa shape index (κ3) is 3.91. The standard InChI is InChI=1S/C15H19F2NO3/c1-15(2,3)18(14(19)20)7-12(13-8-21-13)9-4-10(16)6-11(17)5-9/h4-6,12-13H,7-8H2,1-3H3,(H,19,20). The Bertz CT molecular complexity index is 518. The summed E-state index contributed by atoms with van der Waals surface area (Å²) in [4.78, 5) is 12.7. The molecule has 4 nitrogen and oxygen atoms in total. The van der Waals surface area contributed by atoms with Gasteiger partial charge >= 0.3 is 6.09 Å². The van der Waals surface area contributed by atoms with E-state index in [0.717, 1.165) is 6.07 Å². The van der Waals surface area contributed by atoms with Crippen LogP contribution in [0.4, 0.5) is 13.6 Å². The summed E-state index contributed by atoms with van der Waals surface area (Å²) in [7, 11) is 0. The SMILES string of the molecule is CC(C)(C)N(CC(c1cc(F)cc(F)c1)C1CO1)C(=O)O. The van der Waals surface area contributed by atoms with Crippen LogP contribution in [0.3, 0.4) is 0 Å². The molecule has 0 aromatic heterocycles. The van der Waals surface area contributed by atoms with E-state index in [1.807, 2.05) is 0 Å². The fraction of sp³-hybridized carbons (Fsp3) is 0.533. The lowest BCUT2D eigenvalue weighted by atomic mass is 9.93. The molecule has 1 saturated heterocycles. The quantitative estimate of drug-likeness (QED) is 0.868. The van der Waals surface area contributed by atoms with E-state index in [1.54, 1.807) is 20.8 Å². The summed E-state index contributed by atoms with van der Waals surface area (Å²) in [5.41, 5.74) is -0.185. The highest BCUT2D eigenvalue weighted by Gasteiger charge is 2.39. The molecule has 6 heteroatoms. The second-order valence-corrected chi connectivity index (χ2v) is 6.25. The maximum absolute atomic E-state index is 13.4. The number of carbonyl (C=O) groups is 1. The molecule has 0 aliphatic carbocycles. The summed E-state index contributed by atoms with van der Waals surface area (Å²) < 4.78 is 32.0. The Morgan fingerprint density at radius 2 is 1.90 bits per heavy atom. The smallest absolute Gasteiger partial charge is 0.407 e. The third-order valence-corrected chi connectivity index (χ3v) is 3.54. The predicted octanol–water partition coefficient (Wildman–Crippen LogP) is 3.23. The first kappa shape index (κ1) is 15.7. The molecule has 1 aromatic carbocycles. The van der Waals surface area contributed by atoms with Gasteiger partial charge in [-0.15, -0.1) is 0 Å². The minimum Gasteiger partial charge on any atom is -0.465 e. The van der Waals surface area contributed by atoms with Crippen molar-refractivity contribution in [3.05, 3.63) is 35.4 Å². The van der Waals surface area contributed by atoms with Gasteiger partial charge in [0.1, 0.15) is 11.6 Å². The summed E-state index contributed by atoms with van der Waals surface area (Å²) >= 11 is 0. The number of benzene rings is 1. The number of carboxylic acid groups (broad SMARTS) is 1. The Kier molecular flexibility index (Phi) is 4.18. The second-order valence-electron chi connectivity index (χ2n) is 6.25. The largest absolute Gasteiger partial charge is 0.465 e. The molecule has 1 aliphatic heterocycles. The van der Waals surface area contributed by atoms with Crippen molar-refractivity contribution < 1.29 is 23.4 Å². The summed E-state index contributed by atoms with van der Waals surface area (Å²) in [6.45, 7) is 5.93. The maximum atomic E-state index is 13.4. The molecule has 2 rings (SSSR count).